The molecule has 0 fully saturated rings. The third-order valence-electron chi connectivity index (χ3n) is 2.84. The molecule has 3 amide bonds. The Morgan fingerprint density at radius 1 is 1.10 bits per heavy atom. The summed E-state index contributed by atoms with van der Waals surface area (Å²) < 4.78 is 0. The molecule has 1 aromatic carbocycles. The molecule has 1 aromatic rings. The number of nitrogens with one attached hydrogen (secondary N) is 3. The van der Waals surface area contributed by atoms with Gasteiger partial charge < -0.3 is 16.0 Å². The van der Waals surface area contributed by atoms with Gasteiger partial charge in [0.1, 0.15) is 0 Å². The van der Waals surface area contributed by atoms with E-state index in [0.717, 1.165) is 24.9 Å². The quantitative estimate of drug-likeness (QED) is 0.506. The summed E-state index contributed by atoms with van der Waals surface area (Å²) in [6.45, 7) is 6.04. The first-order valence-electron chi connectivity index (χ1n) is 7.21. The second-order valence-corrected chi connectivity index (χ2v) is 4.71. The van der Waals surface area contributed by atoms with E-state index in [1.54, 1.807) is 30.3 Å². The number of carbonyl (C=O) groups excluding carboxylic acids is 2. The van der Waals surface area contributed by atoms with Gasteiger partial charge in [0.2, 0.25) is 5.91 Å². The van der Waals surface area contributed by atoms with E-state index in [9.17, 15) is 9.59 Å². The summed E-state index contributed by atoms with van der Waals surface area (Å²) in [7, 11) is 0. The summed E-state index contributed by atoms with van der Waals surface area (Å²) in [6, 6.07) is 6.73. The van der Waals surface area contributed by atoms with Crippen molar-refractivity contribution in [3.05, 3.63) is 36.9 Å². The van der Waals surface area contributed by atoms with E-state index in [1.165, 1.54) is 0 Å². The molecule has 0 bridgehead atoms. The Hall–Kier alpha value is -2.30. The van der Waals surface area contributed by atoms with Crippen LogP contribution in [0.5, 0.6) is 0 Å². The zero-order chi connectivity index (χ0) is 15.5. The first-order valence-corrected chi connectivity index (χ1v) is 7.21. The van der Waals surface area contributed by atoms with Crippen LogP contribution in [0.2, 0.25) is 0 Å². The maximum absolute atomic E-state index is 11.7. The van der Waals surface area contributed by atoms with Crippen LogP contribution >= 0.6 is 0 Å². The average molecular weight is 289 g/mol. The fourth-order valence-corrected chi connectivity index (χ4v) is 1.74. The van der Waals surface area contributed by atoms with E-state index < -0.39 is 0 Å². The molecule has 0 atom stereocenters. The summed E-state index contributed by atoms with van der Waals surface area (Å²) in [5.74, 6) is 0.0212. The Bertz CT molecular complexity index is 469. The lowest BCUT2D eigenvalue weighted by Gasteiger charge is -2.08. The van der Waals surface area contributed by atoms with E-state index in [2.05, 4.69) is 29.5 Å². The molecule has 1 rings (SSSR count). The minimum Gasteiger partial charge on any atom is -0.334 e. The first-order chi connectivity index (χ1) is 10.2. The second-order valence-electron chi connectivity index (χ2n) is 4.71. The fraction of sp³-hybridized carbons (Fsp3) is 0.375. The number of unbranched alkanes of at least 4 members (excludes halogenated alkanes) is 2. The van der Waals surface area contributed by atoms with E-state index in [-0.39, 0.29) is 11.9 Å². The molecular formula is C16H23N3O2. The molecule has 0 aliphatic carbocycles. The van der Waals surface area contributed by atoms with Gasteiger partial charge in [-0.05, 0) is 30.7 Å². The molecule has 5 heteroatoms. The number of hydrogen-bond donors (Lipinski definition) is 3. The third-order valence-corrected chi connectivity index (χ3v) is 2.84. The number of benzene rings is 1. The molecule has 0 aromatic heterocycles. The number of hydrogen-bond acceptors (Lipinski definition) is 2. The lowest BCUT2D eigenvalue weighted by atomic mass is 10.2. The molecule has 0 aliphatic rings. The van der Waals surface area contributed by atoms with Gasteiger partial charge in [0.05, 0.1) is 0 Å². The minimum atomic E-state index is -0.286. The Labute approximate surface area is 125 Å². The van der Waals surface area contributed by atoms with Gasteiger partial charge in [0, 0.05) is 24.3 Å². The van der Waals surface area contributed by atoms with Crippen molar-refractivity contribution in [3.8, 4) is 0 Å². The molecule has 114 valence electrons. The van der Waals surface area contributed by atoms with Gasteiger partial charge in [-0.25, -0.2) is 4.79 Å². The van der Waals surface area contributed by atoms with Gasteiger partial charge >= 0.3 is 6.03 Å². The minimum absolute atomic E-state index is 0.0212. The SMILES string of the molecule is C=CCNC(=O)Nc1ccc(NC(=O)CCCCC)cc1. The van der Waals surface area contributed by atoms with Crippen molar-refractivity contribution in [3.63, 3.8) is 0 Å². The topological polar surface area (TPSA) is 70.2 Å². The number of rotatable bonds is 8. The van der Waals surface area contributed by atoms with Crippen LogP contribution in [0, 0.1) is 0 Å². The van der Waals surface area contributed by atoms with Crippen LogP contribution in [0.25, 0.3) is 0 Å². The highest BCUT2D eigenvalue weighted by atomic mass is 16.2. The van der Waals surface area contributed by atoms with Crippen molar-refractivity contribution in [2.24, 2.45) is 0 Å². The molecule has 5 nitrogen and oxygen atoms in total. The van der Waals surface area contributed by atoms with E-state index in [4.69, 9.17) is 0 Å². The highest BCUT2D eigenvalue weighted by Crippen LogP contribution is 2.14. The molecule has 21 heavy (non-hydrogen) atoms. The van der Waals surface area contributed by atoms with Crippen LogP contribution in [0.1, 0.15) is 32.6 Å². The van der Waals surface area contributed by atoms with Gasteiger partial charge in [-0.1, -0.05) is 25.8 Å². The maximum atomic E-state index is 11.7. The van der Waals surface area contributed by atoms with Gasteiger partial charge in [-0.3, -0.25) is 4.79 Å². The van der Waals surface area contributed by atoms with Crippen molar-refractivity contribution < 1.29 is 9.59 Å². The number of amides is 3. The van der Waals surface area contributed by atoms with Crippen LogP contribution in [-0.4, -0.2) is 18.5 Å². The molecule has 0 spiro atoms. The maximum Gasteiger partial charge on any atom is 0.319 e. The van der Waals surface area contributed by atoms with Crippen LogP contribution in [-0.2, 0) is 4.79 Å². The van der Waals surface area contributed by atoms with E-state index in [0.29, 0.717) is 18.7 Å². The van der Waals surface area contributed by atoms with Crippen LogP contribution in [0.3, 0.4) is 0 Å². The smallest absolute Gasteiger partial charge is 0.319 e. The zero-order valence-electron chi connectivity index (χ0n) is 12.4. The highest BCUT2D eigenvalue weighted by molar-refractivity contribution is 5.92. The number of carbonyl (C=O) groups is 2. The molecular weight excluding hydrogens is 266 g/mol. The number of urea groups is 1. The van der Waals surface area contributed by atoms with Crippen LogP contribution < -0.4 is 16.0 Å². The average Bonchev–Trinajstić information content (AvgIpc) is 2.47. The van der Waals surface area contributed by atoms with Gasteiger partial charge in [0.25, 0.3) is 0 Å². The monoisotopic (exact) mass is 289 g/mol. The van der Waals surface area contributed by atoms with Crippen molar-refractivity contribution in [1.82, 2.24) is 5.32 Å². The summed E-state index contributed by atoms with van der Waals surface area (Å²) >= 11 is 0. The van der Waals surface area contributed by atoms with Crippen molar-refractivity contribution in [1.29, 1.82) is 0 Å². The lowest BCUT2D eigenvalue weighted by molar-refractivity contribution is -0.116. The van der Waals surface area contributed by atoms with Gasteiger partial charge in [-0.2, -0.15) is 0 Å². The molecule has 0 saturated heterocycles. The van der Waals surface area contributed by atoms with Gasteiger partial charge in [-0.15, -0.1) is 6.58 Å². The summed E-state index contributed by atoms with van der Waals surface area (Å²) in [5, 5.41) is 8.14. The third kappa shape index (κ3) is 7.15. The lowest BCUT2D eigenvalue weighted by Crippen LogP contribution is -2.28. The van der Waals surface area contributed by atoms with E-state index >= 15 is 0 Å². The van der Waals surface area contributed by atoms with Crippen molar-refractivity contribution >= 4 is 23.3 Å². The standard InChI is InChI=1S/C16H23N3O2/c1-3-5-6-7-15(20)18-13-8-10-14(11-9-13)19-16(21)17-12-4-2/h4,8-11H,2-3,5-7,12H2,1H3,(H,18,20)(H2,17,19,21). The van der Waals surface area contributed by atoms with Crippen LogP contribution in [0.4, 0.5) is 16.2 Å². The summed E-state index contributed by atoms with van der Waals surface area (Å²) in [4.78, 5) is 23.1. The number of anilines is 2. The molecule has 0 unspecified atom stereocenters. The molecule has 0 heterocycles. The Kier molecular flexibility index (Phi) is 7.64. The highest BCUT2D eigenvalue weighted by Gasteiger charge is 2.03. The van der Waals surface area contributed by atoms with Crippen molar-refractivity contribution in [2.75, 3.05) is 17.2 Å². The Morgan fingerprint density at radius 2 is 1.71 bits per heavy atom. The predicted molar refractivity (Wildman–Crippen MR) is 86.4 cm³/mol. The Balaban J connectivity index is 2.41. The summed E-state index contributed by atoms with van der Waals surface area (Å²) in [6.07, 6.45) is 5.22. The molecule has 0 radical (unpaired) electrons. The molecule has 0 saturated carbocycles. The molecule has 0 aliphatic heterocycles. The fourth-order valence-electron chi connectivity index (χ4n) is 1.74. The predicted octanol–water partition coefficient (Wildman–Crippen LogP) is 3.51. The summed E-state index contributed by atoms with van der Waals surface area (Å²) in [5.41, 5.74) is 1.40. The van der Waals surface area contributed by atoms with E-state index in [1.807, 2.05) is 0 Å². The second kappa shape index (κ2) is 9.58. The van der Waals surface area contributed by atoms with Gasteiger partial charge in [0.15, 0.2) is 0 Å². The van der Waals surface area contributed by atoms with Crippen LogP contribution in [0.15, 0.2) is 36.9 Å². The molecule has 3 N–H and O–H groups in total. The largest absolute Gasteiger partial charge is 0.334 e. The first kappa shape index (κ1) is 16.8. The van der Waals surface area contributed by atoms with Crippen molar-refractivity contribution in [2.45, 2.75) is 32.6 Å². The normalized spacial score (nSPS) is 9.76. The Morgan fingerprint density at radius 3 is 2.29 bits per heavy atom. The zero-order valence-corrected chi connectivity index (χ0v) is 12.4.